The van der Waals surface area contributed by atoms with Crippen molar-refractivity contribution in [2.75, 3.05) is 29.9 Å². The molecule has 0 amide bonds. The summed E-state index contributed by atoms with van der Waals surface area (Å²) in [4.78, 5) is 14.9. The SMILES string of the molecule is NCC1CCN(c2nc(Nc3ccc4c(c3)CCC=N4)ncc2F)CC1. The summed E-state index contributed by atoms with van der Waals surface area (Å²) in [5.74, 6) is 0.899. The number of nitrogens with zero attached hydrogens (tertiary/aromatic N) is 4. The average Bonchev–Trinajstić information content (AvgIpc) is 2.69. The number of rotatable bonds is 4. The number of hydrogen-bond donors (Lipinski definition) is 2. The van der Waals surface area contributed by atoms with E-state index in [-0.39, 0.29) is 5.82 Å². The Labute approximate surface area is 152 Å². The molecule has 1 saturated heterocycles. The zero-order valence-corrected chi connectivity index (χ0v) is 14.7. The second-order valence-corrected chi connectivity index (χ2v) is 6.85. The predicted molar refractivity (Wildman–Crippen MR) is 102 cm³/mol. The Bertz CT molecular complexity index is 814. The van der Waals surface area contributed by atoms with Gasteiger partial charge >= 0.3 is 0 Å². The number of benzene rings is 1. The van der Waals surface area contributed by atoms with Gasteiger partial charge in [-0.2, -0.15) is 4.98 Å². The Hall–Kier alpha value is -2.54. The molecule has 0 radical (unpaired) electrons. The third kappa shape index (κ3) is 3.53. The number of aryl methyl sites for hydroxylation is 1. The van der Waals surface area contributed by atoms with E-state index in [9.17, 15) is 4.39 Å². The number of aromatic nitrogens is 2. The van der Waals surface area contributed by atoms with Gasteiger partial charge in [0.1, 0.15) is 0 Å². The molecule has 6 nitrogen and oxygen atoms in total. The van der Waals surface area contributed by atoms with Gasteiger partial charge in [0.25, 0.3) is 0 Å². The number of anilines is 3. The van der Waals surface area contributed by atoms with Gasteiger partial charge in [0, 0.05) is 25.0 Å². The highest BCUT2D eigenvalue weighted by Crippen LogP contribution is 2.29. The van der Waals surface area contributed by atoms with E-state index >= 15 is 0 Å². The van der Waals surface area contributed by atoms with Crippen LogP contribution in [0.2, 0.25) is 0 Å². The van der Waals surface area contributed by atoms with E-state index in [1.165, 1.54) is 11.8 Å². The summed E-state index contributed by atoms with van der Waals surface area (Å²) in [7, 11) is 0. The second-order valence-electron chi connectivity index (χ2n) is 6.85. The standard InChI is InChI=1S/C19H23FN6/c20-16-12-23-19(25-18(16)26-8-5-13(11-21)6-9-26)24-15-3-4-17-14(10-15)2-1-7-22-17/h3-4,7,10,12-13H,1-2,5-6,8-9,11,21H2,(H,23,24,25). The highest BCUT2D eigenvalue weighted by atomic mass is 19.1. The smallest absolute Gasteiger partial charge is 0.229 e. The monoisotopic (exact) mass is 354 g/mol. The topological polar surface area (TPSA) is 79.4 Å². The number of nitrogens with two attached hydrogens (primary N) is 1. The molecule has 0 spiro atoms. The molecule has 3 heterocycles. The van der Waals surface area contributed by atoms with Crippen LogP contribution in [0, 0.1) is 11.7 Å². The molecule has 26 heavy (non-hydrogen) atoms. The fraction of sp³-hybridized carbons (Fsp3) is 0.421. The number of halogens is 1. The molecule has 1 fully saturated rings. The van der Waals surface area contributed by atoms with Crippen molar-refractivity contribution < 1.29 is 4.39 Å². The van der Waals surface area contributed by atoms with E-state index in [4.69, 9.17) is 5.73 Å². The van der Waals surface area contributed by atoms with Gasteiger partial charge in [-0.3, -0.25) is 4.99 Å². The highest BCUT2D eigenvalue weighted by molar-refractivity contribution is 5.71. The summed E-state index contributed by atoms with van der Waals surface area (Å²) in [6.45, 7) is 2.23. The third-order valence-corrected chi connectivity index (χ3v) is 5.08. The van der Waals surface area contributed by atoms with Gasteiger partial charge in [-0.15, -0.1) is 0 Å². The van der Waals surface area contributed by atoms with E-state index in [2.05, 4.69) is 26.3 Å². The molecule has 0 aliphatic carbocycles. The minimum atomic E-state index is -0.387. The van der Waals surface area contributed by atoms with E-state index < -0.39 is 0 Å². The van der Waals surface area contributed by atoms with Crippen LogP contribution in [0.3, 0.4) is 0 Å². The summed E-state index contributed by atoms with van der Waals surface area (Å²) < 4.78 is 14.3. The van der Waals surface area contributed by atoms with Gasteiger partial charge in [-0.05, 0) is 61.9 Å². The lowest BCUT2D eigenvalue weighted by molar-refractivity contribution is 0.409. The predicted octanol–water partition coefficient (Wildman–Crippen LogP) is 3.18. The summed E-state index contributed by atoms with van der Waals surface area (Å²) in [6.07, 6.45) is 7.04. The van der Waals surface area contributed by atoms with Crippen molar-refractivity contribution in [3.8, 4) is 0 Å². The molecule has 2 aliphatic rings. The van der Waals surface area contributed by atoms with Gasteiger partial charge in [-0.1, -0.05) is 0 Å². The van der Waals surface area contributed by atoms with Crippen molar-refractivity contribution in [3.05, 3.63) is 35.8 Å². The zero-order valence-electron chi connectivity index (χ0n) is 14.7. The Morgan fingerprint density at radius 2 is 2.12 bits per heavy atom. The molecule has 0 atom stereocenters. The van der Waals surface area contributed by atoms with E-state index in [0.29, 0.717) is 24.2 Å². The van der Waals surface area contributed by atoms with Crippen LogP contribution in [0.5, 0.6) is 0 Å². The number of hydrogen-bond acceptors (Lipinski definition) is 6. The maximum Gasteiger partial charge on any atom is 0.229 e. The summed E-state index contributed by atoms with van der Waals surface area (Å²) in [6, 6.07) is 5.99. The Morgan fingerprint density at radius 1 is 1.27 bits per heavy atom. The quantitative estimate of drug-likeness (QED) is 0.881. The maximum absolute atomic E-state index is 14.3. The summed E-state index contributed by atoms with van der Waals surface area (Å²) in [5, 5.41) is 3.19. The molecule has 2 aliphatic heterocycles. The molecular weight excluding hydrogens is 331 g/mol. The molecule has 1 aromatic carbocycles. The van der Waals surface area contributed by atoms with Crippen molar-refractivity contribution in [1.82, 2.24) is 9.97 Å². The zero-order chi connectivity index (χ0) is 17.9. The summed E-state index contributed by atoms with van der Waals surface area (Å²) >= 11 is 0. The van der Waals surface area contributed by atoms with Gasteiger partial charge in [0.05, 0.1) is 11.9 Å². The maximum atomic E-state index is 14.3. The second kappa shape index (κ2) is 7.37. The van der Waals surface area contributed by atoms with Crippen molar-refractivity contribution in [2.24, 2.45) is 16.6 Å². The highest BCUT2D eigenvalue weighted by Gasteiger charge is 2.22. The summed E-state index contributed by atoms with van der Waals surface area (Å²) in [5.41, 5.74) is 8.83. The number of nitrogens with one attached hydrogen (secondary N) is 1. The van der Waals surface area contributed by atoms with Crippen molar-refractivity contribution in [3.63, 3.8) is 0 Å². The molecular formula is C19H23FN6. The Kier molecular flexibility index (Phi) is 4.79. The molecule has 1 aromatic heterocycles. The molecule has 136 valence electrons. The lowest BCUT2D eigenvalue weighted by Crippen LogP contribution is -2.37. The van der Waals surface area contributed by atoms with Crippen LogP contribution in [-0.4, -0.2) is 35.8 Å². The van der Waals surface area contributed by atoms with Crippen LogP contribution in [0.25, 0.3) is 0 Å². The van der Waals surface area contributed by atoms with Crippen LogP contribution in [-0.2, 0) is 6.42 Å². The number of fused-ring (bicyclic) bond motifs is 1. The lowest BCUT2D eigenvalue weighted by atomic mass is 9.97. The normalized spacial score (nSPS) is 17.2. The van der Waals surface area contributed by atoms with Gasteiger partial charge in [0.2, 0.25) is 5.95 Å². The van der Waals surface area contributed by atoms with Crippen LogP contribution >= 0.6 is 0 Å². The first-order valence-corrected chi connectivity index (χ1v) is 9.13. The molecule has 0 bridgehead atoms. The first-order chi connectivity index (χ1) is 12.7. The minimum absolute atomic E-state index is 0.362. The van der Waals surface area contributed by atoms with Crippen molar-refractivity contribution in [2.45, 2.75) is 25.7 Å². The first kappa shape index (κ1) is 16.9. The van der Waals surface area contributed by atoms with Crippen LogP contribution < -0.4 is 16.0 Å². The molecule has 4 rings (SSSR count). The Morgan fingerprint density at radius 3 is 2.92 bits per heavy atom. The number of aliphatic imine (C=N–C) groups is 1. The van der Waals surface area contributed by atoms with Crippen LogP contribution in [0.1, 0.15) is 24.8 Å². The van der Waals surface area contributed by atoms with Crippen molar-refractivity contribution >= 4 is 29.4 Å². The molecule has 0 saturated carbocycles. The van der Waals surface area contributed by atoms with E-state index in [1.807, 2.05) is 23.2 Å². The van der Waals surface area contributed by atoms with Crippen LogP contribution in [0.15, 0.2) is 29.4 Å². The molecule has 0 unspecified atom stereocenters. The van der Waals surface area contributed by atoms with Gasteiger partial charge < -0.3 is 16.0 Å². The fourth-order valence-corrected chi connectivity index (χ4v) is 3.52. The average molecular weight is 354 g/mol. The minimum Gasteiger partial charge on any atom is -0.354 e. The Balaban J connectivity index is 1.52. The lowest BCUT2D eigenvalue weighted by Gasteiger charge is -2.32. The number of piperidine rings is 1. The van der Waals surface area contributed by atoms with E-state index in [1.54, 1.807) is 0 Å². The van der Waals surface area contributed by atoms with Crippen LogP contribution in [0.4, 0.5) is 27.5 Å². The van der Waals surface area contributed by atoms with Gasteiger partial charge in [-0.25, -0.2) is 9.37 Å². The molecule has 3 N–H and O–H groups in total. The molecule has 7 heteroatoms. The van der Waals surface area contributed by atoms with E-state index in [0.717, 1.165) is 50.1 Å². The van der Waals surface area contributed by atoms with Gasteiger partial charge in [0.15, 0.2) is 11.6 Å². The van der Waals surface area contributed by atoms with Crippen molar-refractivity contribution in [1.29, 1.82) is 0 Å². The first-order valence-electron chi connectivity index (χ1n) is 9.13. The third-order valence-electron chi connectivity index (χ3n) is 5.08. The molecule has 2 aromatic rings. The largest absolute Gasteiger partial charge is 0.354 e. The fourth-order valence-electron chi connectivity index (χ4n) is 3.52.